The predicted octanol–water partition coefficient (Wildman–Crippen LogP) is 6.08. The van der Waals surface area contributed by atoms with Crippen LogP contribution < -0.4 is 0 Å². The summed E-state index contributed by atoms with van der Waals surface area (Å²) in [4.78, 5) is 15.1. The first kappa shape index (κ1) is 32.7. The number of halogens is 3. The van der Waals surface area contributed by atoms with E-state index in [1.54, 1.807) is 6.92 Å². The third kappa shape index (κ3) is 8.14. The zero-order chi connectivity index (χ0) is 29.6. The molecule has 4 unspecified atom stereocenters. The van der Waals surface area contributed by atoms with E-state index in [0.29, 0.717) is 13.0 Å². The highest BCUT2D eigenvalue weighted by molar-refractivity contribution is 6.76. The van der Waals surface area contributed by atoms with Crippen molar-refractivity contribution < 1.29 is 33.2 Å². The molecule has 1 aromatic carbocycles. The number of esters is 1. The maximum absolute atomic E-state index is 12.2. The lowest BCUT2D eigenvalue weighted by molar-refractivity contribution is -0.330. The molecule has 1 N–H and O–H groups in total. The van der Waals surface area contributed by atoms with Gasteiger partial charge in [0.05, 0.1) is 24.9 Å². The van der Waals surface area contributed by atoms with Gasteiger partial charge in [-0.15, -0.1) is 0 Å². The molecule has 0 aromatic heterocycles. The number of alkyl halides is 3. The van der Waals surface area contributed by atoms with Gasteiger partial charge in [-0.1, -0.05) is 91.0 Å². The second-order valence-electron chi connectivity index (χ2n) is 9.96. The highest BCUT2D eigenvalue weighted by Gasteiger charge is 2.51. The minimum Gasteiger partial charge on any atom is -0.454 e. The Balaban J connectivity index is 1.86. The molecule has 10 atom stereocenters. The van der Waals surface area contributed by atoms with Gasteiger partial charge in [0.2, 0.25) is 12.2 Å². The van der Waals surface area contributed by atoms with E-state index in [9.17, 15) is 10.3 Å². The number of ether oxygens (including phenoxy) is 6. The zero-order valence-electron chi connectivity index (χ0n) is 22.9. The van der Waals surface area contributed by atoms with Crippen LogP contribution in [0.15, 0.2) is 35.4 Å². The molecule has 0 amide bonds. The van der Waals surface area contributed by atoms with Gasteiger partial charge in [-0.2, -0.15) is 0 Å². The molecule has 2 saturated heterocycles. The number of carbonyl (C=O) groups is 1. The van der Waals surface area contributed by atoms with Gasteiger partial charge in [0.15, 0.2) is 12.4 Å². The maximum Gasteiger partial charge on any atom is 0.303 e. The van der Waals surface area contributed by atoms with E-state index in [4.69, 9.17) is 68.6 Å². The minimum atomic E-state index is -2.13. The lowest BCUT2D eigenvalue weighted by Crippen LogP contribution is -2.60. The van der Waals surface area contributed by atoms with Crippen LogP contribution in [0.1, 0.15) is 46.6 Å². The Kier molecular flexibility index (Phi) is 11.8. The summed E-state index contributed by atoms with van der Waals surface area (Å²) in [5, 5.41) is 11.8. The lowest BCUT2D eigenvalue weighted by atomic mass is 9.87. The van der Waals surface area contributed by atoms with Gasteiger partial charge in [0.1, 0.15) is 12.1 Å². The van der Waals surface area contributed by atoms with Gasteiger partial charge in [-0.25, -0.2) is 0 Å². The fourth-order valence-electron chi connectivity index (χ4n) is 4.88. The van der Waals surface area contributed by atoms with Crippen LogP contribution >= 0.6 is 34.8 Å². The van der Waals surface area contributed by atoms with Crippen molar-refractivity contribution >= 4 is 46.7 Å². The molecule has 222 valence electrons. The minimum absolute atomic E-state index is 0.128. The molecule has 0 radical (unpaired) electrons. The van der Waals surface area contributed by atoms with Gasteiger partial charge < -0.3 is 28.4 Å². The smallest absolute Gasteiger partial charge is 0.303 e. The van der Waals surface area contributed by atoms with Crippen molar-refractivity contribution in [2.24, 2.45) is 17.0 Å². The second kappa shape index (κ2) is 14.4. The van der Waals surface area contributed by atoms with Crippen molar-refractivity contribution in [1.29, 1.82) is 5.41 Å². The first-order valence-electron chi connectivity index (χ1n) is 13.0. The highest BCUT2D eigenvalue weighted by Crippen LogP contribution is 2.38. The second-order valence-corrected chi connectivity index (χ2v) is 12.2. The summed E-state index contributed by atoms with van der Waals surface area (Å²) in [5.74, 6) is -1.81. The summed E-state index contributed by atoms with van der Waals surface area (Å²) in [6.07, 6.45) is -4.74. The van der Waals surface area contributed by atoms with E-state index in [1.807, 2.05) is 51.1 Å². The molecule has 14 heteroatoms. The maximum atomic E-state index is 12.2. The molecule has 0 aliphatic carbocycles. The summed E-state index contributed by atoms with van der Waals surface area (Å²) in [7, 11) is 0. The number of carbonyl (C=O) groups excluding carboxylic acids is 1. The summed E-state index contributed by atoms with van der Waals surface area (Å²) >= 11 is 17.3. The lowest BCUT2D eigenvalue weighted by Gasteiger charge is -2.48. The standard InChI is InChI=1S/C26H35Cl3N4O7/c1-6-18-20(14(3)19(32-33-31)23(38-18)40-25(30)26(27,28)29)39-24-22(37-16(5)34)21(13(2)15(4)36-24)35-12-17-10-8-7-9-11-17/h7-11,13-15,18-24,30H,6,12H2,1-5H3/t13-,14-,15?,18?,19?,20+,21-,22?,23-,24+/m1/s1. The molecule has 40 heavy (non-hydrogen) atoms. The van der Waals surface area contributed by atoms with Crippen LogP contribution in [0.25, 0.3) is 10.4 Å². The number of azide groups is 1. The number of rotatable bonds is 9. The van der Waals surface area contributed by atoms with E-state index in [2.05, 4.69) is 10.0 Å². The van der Waals surface area contributed by atoms with Gasteiger partial charge in [0, 0.05) is 17.8 Å². The number of hydrogen-bond acceptors (Lipinski definition) is 9. The third-order valence-electron chi connectivity index (χ3n) is 7.17. The molecule has 3 rings (SSSR count). The summed E-state index contributed by atoms with van der Waals surface area (Å²) in [6, 6.07) is 8.72. The molecule has 0 bridgehead atoms. The largest absolute Gasteiger partial charge is 0.454 e. The molecule has 2 aliphatic rings. The SMILES string of the molecule is CCC1O[C@H](OC(=N)C(Cl)(Cl)Cl)C(N=[N+]=[N-])[C@@H](C)[C@@H]1O[C@@H]1OC(C)[C@@H](C)[C@@H](OCc2ccccc2)C1OC(C)=O. The van der Waals surface area contributed by atoms with Crippen LogP contribution in [0.3, 0.4) is 0 Å². The van der Waals surface area contributed by atoms with E-state index in [-0.39, 0.29) is 12.0 Å². The molecule has 2 fully saturated rings. The Bertz CT molecular complexity index is 1060. The van der Waals surface area contributed by atoms with Gasteiger partial charge in [-0.3, -0.25) is 10.2 Å². The monoisotopic (exact) mass is 620 g/mol. The van der Waals surface area contributed by atoms with Crippen molar-refractivity contribution in [1.82, 2.24) is 0 Å². The molecule has 11 nitrogen and oxygen atoms in total. The number of benzene rings is 1. The molecular formula is C26H35Cl3N4O7. The van der Waals surface area contributed by atoms with Gasteiger partial charge >= 0.3 is 5.97 Å². The molecule has 0 spiro atoms. The van der Waals surface area contributed by atoms with Crippen molar-refractivity contribution in [2.75, 3.05) is 0 Å². The van der Waals surface area contributed by atoms with E-state index >= 15 is 0 Å². The van der Waals surface area contributed by atoms with Crippen molar-refractivity contribution in [2.45, 2.75) is 101 Å². The van der Waals surface area contributed by atoms with Crippen LogP contribution in [0, 0.1) is 17.2 Å². The highest BCUT2D eigenvalue weighted by atomic mass is 35.6. The van der Waals surface area contributed by atoms with E-state index < -0.39 is 64.6 Å². The Hall–Kier alpha value is -1.82. The first-order chi connectivity index (χ1) is 18.9. The van der Waals surface area contributed by atoms with Crippen molar-refractivity contribution in [3.8, 4) is 0 Å². The number of nitrogens with one attached hydrogen (secondary N) is 1. The quantitative estimate of drug-likeness (QED) is 0.0668. The van der Waals surface area contributed by atoms with Crippen molar-refractivity contribution in [3.05, 3.63) is 46.3 Å². The number of nitrogens with zero attached hydrogens (tertiary/aromatic N) is 3. The Morgan fingerprint density at radius 1 is 1.05 bits per heavy atom. The first-order valence-corrected chi connectivity index (χ1v) is 14.2. The van der Waals surface area contributed by atoms with Crippen LogP contribution in [0.2, 0.25) is 0 Å². The Morgan fingerprint density at radius 3 is 2.30 bits per heavy atom. The predicted molar refractivity (Wildman–Crippen MR) is 149 cm³/mol. The molecular weight excluding hydrogens is 587 g/mol. The Morgan fingerprint density at radius 2 is 1.73 bits per heavy atom. The van der Waals surface area contributed by atoms with Crippen molar-refractivity contribution in [3.63, 3.8) is 0 Å². The average molecular weight is 622 g/mol. The average Bonchev–Trinajstić information content (AvgIpc) is 2.89. The molecule has 2 aliphatic heterocycles. The van der Waals surface area contributed by atoms with E-state index in [0.717, 1.165) is 5.56 Å². The van der Waals surface area contributed by atoms with Gasteiger partial charge in [-0.05, 0) is 30.4 Å². The fraction of sp³-hybridized carbons (Fsp3) is 0.692. The number of hydrogen-bond donors (Lipinski definition) is 1. The summed E-state index contributed by atoms with van der Waals surface area (Å²) in [6.45, 7) is 9.16. The van der Waals surface area contributed by atoms with Crippen LogP contribution in [0.4, 0.5) is 0 Å². The normalized spacial score (nSPS) is 34.4. The molecule has 0 saturated carbocycles. The Labute approximate surface area is 248 Å². The molecule has 2 heterocycles. The summed E-state index contributed by atoms with van der Waals surface area (Å²) < 4.78 is 34.1. The summed E-state index contributed by atoms with van der Waals surface area (Å²) in [5.41, 5.74) is 10.2. The van der Waals surface area contributed by atoms with Crippen LogP contribution in [-0.2, 0) is 39.8 Å². The fourth-order valence-corrected chi connectivity index (χ4v) is 5.01. The third-order valence-corrected chi connectivity index (χ3v) is 7.68. The zero-order valence-corrected chi connectivity index (χ0v) is 25.2. The van der Waals surface area contributed by atoms with Crippen LogP contribution in [0.5, 0.6) is 0 Å². The molecule has 1 aromatic rings. The topological polar surface area (TPSA) is 145 Å². The van der Waals surface area contributed by atoms with Gasteiger partial charge in [0.25, 0.3) is 3.79 Å². The van der Waals surface area contributed by atoms with Crippen LogP contribution in [-0.4, -0.2) is 64.8 Å². The van der Waals surface area contributed by atoms with E-state index in [1.165, 1.54) is 6.92 Å².